The number of anilines is 1. The number of ether oxygens (including phenoxy) is 1. The number of aromatic nitrogens is 2. The van der Waals surface area contributed by atoms with Gasteiger partial charge in [0.1, 0.15) is 12.3 Å². The molecule has 3 aromatic rings. The van der Waals surface area contributed by atoms with Crippen LogP contribution in [0.25, 0.3) is 11.0 Å². The van der Waals surface area contributed by atoms with Gasteiger partial charge in [0.15, 0.2) is 5.58 Å². The van der Waals surface area contributed by atoms with Crippen molar-refractivity contribution in [3.05, 3.63) is 47.8 Å². The van der Waals surface area contributed by atoms with E-state index in [2.05, 4.69) is 10.1 Å². The molecule has 2 aromatic heterocycles. The van der Waals surface area contributed by atoms with Crippen molar-refractivity contribution >= 4 is 16.7 Å². The van der Waals surface area contributed by atoms with Gasteiger partial charge < -0.3 is 15.0 Å². The summed E-state index contributed by atoms with van der Waals surface area (Å²) in [6.45, 7) is 2.24. The van der Waals surface area contributed by atoms with E-state index in [0.717, 1.165) is 22.3 Å². The van der Waals surface area contributed by atoms with Crippen molar-refractivity contribution in [2.24, 2.45) is 0 Å². The first-order chi connectivity index (χ1) is 9.25. The number of nitrogens with zero attached hydrogens (tertiary/aromatic N) is 2. The van der Waals surface area contributed by atoms with E-state index in [1.807, 2.05) is 31.2 Å². The van der Waals surface area contributed by atoms with Gasteiger partial charge in [0.2, 0.25) is 5.88 Å². The molecule has 0 amide bonds. The molecule has 3 rings (SSSR count). The van der Waals surface area contributed by atoms with Crippen LogP contribution in [0.15, 0.2) is 41.1 Å². The van der Waals surface area contributed by atoms with Crippen molar-refractivity contribution in [1.82, 2.24) is 10.1 Å². The second-order valence-corrected chi connectivity index (χ2v) is 4.24. The highest BCUT2D eigenvalue weighted by Gasteiger charge is 2.13. The number of aryl methyl sites for hydroxylation is 1. The van der Waals surface area contributed by atoms with Crippen LogP contribution in [0.1, 0.15) is 11.3 Å². The first-order valence-electron chi connectivity index (χ1n) is 5.93. The number of rotatable bonds is 3. The maximum atomic E-state index is 5.90. The van der Waals surface area contributed by atoms with Gasteiger partial charge >= 0.3 is 0 Å². The molecule has 1 aromatic carbocycles. The van der Waals surface area contributed by atoms with Gasteiger partial charge in [-0.15, -0.1) is 0 Å². The van der Waals surface area contributed by atoms with Crippen LogP contribution in [0.4, 0.5) is 5.69 Å². The fourth-order valence-corrected chi connectivity index (χ4v) is 1.96. The molecule has 0 saturated carbocycles. The van der Waals surface area contributed by atoms with E-state index < -0.39 is 0 Å². The largest absolute Gasteiger partial charge is 0.471 e. The number of nitrogen functional groups attached to an aromatic ring is 1. The van der Waals surface area contributed by atoms with Crippen LogP contribution in [0.2, 0.25) is 0 Å². The highest BCUT2D eigenvalue weighted by atomic mass is 16.5. The van der Waals surface area contributed by atoms with Crippen molar-refractivity contribution in [1.29, 1.82) is 0 Å². The highest BCUT2D eigenvalue weighted by molar-refractivity contribution is 5.87. The minimum Gasteiger partial charge on any atom is -0.471 e. The molecule has 0 atom stereocenters. The molecule has 0 radical (unpaired) electrons. The summed E-state index contributed by atoms with van der Waals surface area (Å²) < 4.78 is 10.8. The highest BCUT2D eigenvalue weighted by Crippen LogP contribution is 2.27. The molecule has 2 N–H and O–H groups in total. The summed E-state index contributed by atoms with van der Waals surface area (Å²) in [5.41, 5.74) is 9.01. The monoisotopic (exact) mass is 255 g/mol. The van der Waals surface area contributed by atoms with Crippen molar-refractivity contribution < 1.29 is 9.26 Å². The molecule has 19 heavy (non-hydrogen) atoms. The lowest BCUT2D eigenvalue weighted by Gasteiger charge is -2.04. The summed E-state index contributed by atoms with van der Waals surface area (Å²) in [4.78, 5) is 4.09. The number of nitrogens with two attached hydrogens (primary N) is 1. The minimum atomic E-state index is 0.300. The number of hydrogen-bond donors (Lipinski definition) is 1. The lowest BCUT2D eigenvalue weighted by atomic mass is 10.1. The van der Waals surface area contributed by atoms with Crippen LogP contribution in [0.5, 0.6) is 5.88 Å². The van der Waals surface area contributed by atoms with E-state index >= 15 is 0 Å². The third-order valence-electron chi connectivity index (χ3n) is 3.01. The predicted molar refractivity (Wildman–Crippen MR) is 71.7 cm³/mol. The molecular weight excluding hydrogens is 242 g/mol. The molecule has 0 aliphatic rings. The lowest BCUT2D eigenvalue weighted by Crippen LogP contribution is -1.99. The average molecular weight is 255 g/mol. The summed E-state index contributed by atoms with van der Waals surface area (Å²) in [5, 5.41) is 4.94. The summed E-state index contributed by atoms with van der Waals surface area (Å²) in [5.74, 6) is 0.556. The molecule has 0 aliphatic carbocycles. The Balaban J connectivity index is 1.91. The Hall–Kier alpha value is -2.56. The van der Waals surface area contributed by atoms with E-state index in [0.29, 0.717) is 18.1 Å². The Kier molecular flexibility index (Phi) is 2.79. The fraction of sp³-hybridized carbons (Fsp3) is 0.143. The molecule has 2 heterocycles. The molecule has 0 spiro atoms. The van der Waals surface area contributed by atoms with Crippen molar-refractivity contribution in [2.45, 2.75) is 13.5 Å². The number of hydrogen-bond acceptors (Lipinski definition) is 5. The van der Waals surface area contributed by atoms with Crippen LogP contribution in [0.3, 0.4) is 0 Å². The Labute approximate surface area is 110 Å². The van der Waals surface area contributed by atoms with Gasteiger partial charge in [-0.2, -0.15) is 0 Å². The van der Waals surface area contributed by atoms with Crippen LogP contribution in [0, 0.1) is 6.92 Å². The molecule has 96 valence electrons. The molecule has 5 nitrogen and oxygen atoms in total. The van der Waals surface area contributed by atoms with Crippen molar-refractivity contribution in [2.75, 3.05) is 5.73 Å². The predicted octanol–water partition coefficient (Wildman–Crippen LogP) is 2.69. The average Bonchev–Trinajstić information content (AvgIpc) is 2.86. The molecule has 0 unspecified atom stereocenters. The summed E-state index contributed by atoms with van der Waals surface area (Å²) >= 11 is 0. The standard InChI is InChI=1S/C14H13N3O2/c1-9-10(15)5-6-12-14(9)11(17-19-12)8-18-13-4-2-3-7-16-13/h2-7H,8,15H2,1H3. The Morgan fingerprint density at radius 2 is 2.16 bits per heavy atom. The first kappa shape index (κ1) is 11.5. The fourth-order valence-electron chi connectivity index (χ4n) is 1.96. The van der Waals surface area contributed by atoms with E-state index in [4.69, 9.17) is 15.0 Å². The van der Waals surface area contributed by atoms with E-state index in [1.165, 1.54) is 0 Å². The zero-order valence-corrected chi connectivity index (χ0v) is 10.5. The second-order valence-electron chi connectivity index (χ2n) is 4.24. The summed E-state index contributed by atoms with van der Waals surface area (Å²) in [6.07, 6.45) is 1.68. The molecule has 0 bridgehead atoms. The van der Waals surface area contributed by atoms with Crippen LogP contribution in [-0.4, -0.2) is 10.1 Å². The third kappa shape index (κ3) is 2.10. The van der Waals surface area contributed by atoms with Crippen LogP contribution < -0.4 is 10.5 Å². The van der Waals surface area contributed by atoms with Gasteiger partial charge in [0.25, 0.3) is 0 Å². The Morgan fingerprint density at radius 1 is 1.26 bits per heavy atom. The smallest absolute Gasteiger partial charge is 0.213 e. The normalized spacial score (nSPS) is 10.8. The van der Waals surface area contributed by atoms with Crippen molar-refractivity contribution in [3.63, 3.8) is 0 Å². The van der Waals surface area contributed by atoms with Gasteiger partial charge in [0.05, 0.1) is 5.39 Å². The van der Waals surface area contributed by atoms with E-state index in [-0.39, 0.29) is 0 Å². The lowest BCUT2D eigenvalue weighted by molar-refractivity contribution is 0.281. The molecule has 0 saturated heterocycles. The Morgan fingerprint density at radius 3 is 2.95 bits per heavy atom. The van der Waals surface area contributed by atoms with Gasteiger partial charge in [-0.3, -0.25) is 0 Å². The quantitative estimate of drug-likeness (QED) is 0.728. The topological polar surface area (TPSA) is 74.2 Å². The van der Waals surface area contributed by atoms with Gasteiger partial charge in [-0.05, 0) is 30.7 Å². The zero-order chi connectivity index (χ0) is 13.2. The van der Waals surface area contributed by atoms with Crippen molar-refractivity contribution in [3.8, 4) is 5.88 Å². The SMILES string of the molecule is Cc1c(N)ccc2onc(COc3ccccn3)c12. The zero-order valence-electron chi connectivity index (χ0n) is 10.5. The number of benzene rings is 1. The van der Waals surface area contributed by atoms with Crippen LogP contribution >= 0.6 is 0 Å². The van der Waals surface area contributed by atoms with E-state index in [9.17, 15) is 0 Å². The van der Waals surface area contributed by atoms with Gasteiger partial charge in [-0.25, -0.2) is 4.98 Å². The number of fused-ring (bicyclic) bond motifs is 1. The minimum absolute atomic E-state index is 0.300. The molecule has 0 fully saturated rings. The van der Waals surface area contributed by atoms with Crippen LogP contribution in [-0.2, 0) is 6.61 Å². The number of pyridine rings is 1. The molecular formula is C14H13N3O2. The molecule has 0 aliphatic heterocycles. The molecule has 5 heteroatoms. The van der Waals surface area contributed by atoms with E-state index in [1.54, 1.807) is 12.3 Å². The summed E-state index contributed by atoms with van der Waals surface area (Å²) in [7, 11) is 0. The third-order valence-corrected chi connectivity index (χ3v) is 3.01. The maximum absolute atomic E-state index is 5.90. The first-order valence-corrected chi connectivity index (χ1v) is 5.93. The van der Waals surface area contributed by atoms with Gasteiger partial charge in [0, 0.05) is 18.0 Å². The Bertz CT molecular complexity index is 707. The summed E-state index contributed by atoms with van der Waals surface area (Å²) in [6, 6.07) is 9.13. The van der Waals surface area contributed by atoms with Gasteiger partial charge in [-0.1, -0.05) is 11.2 Å². The second kappa shape index (κ2) is 4.61. The maximum Gasteiger partial charge on any atom is 0.213 e.